The quantitative estimate of drug-likeness (QED) is 0.758. The zero-order chi connectivity index (χ0) is 12.7. The number of rotatable bonds is 7. The fourth-order valence-electron chi connectivity index (χ4n) is 1.63. The first-order chi connectivity index (χ1) is 8.24. The van der Waals surface area contributed by atoms with E-state index in [0.29, 0.717) is 11.3 Å². The first-order valence-electron chi connectivity index (χ1n) is 5.82. The van der Waals surface area contributed by atoms with Crippen molar-refractivity contribution in [1.82, 2.24) is 5.32 Å². The molecule has 0 spiro atoms. The second-order valence-corrected chi connectivity index (χ2v) is 4.93. The van der Waals surface area contributed by atoms with Crippen LogP contribution in [0.3, 0.4) is 0 Å². The molecular weight excluding hydrogens is 237 g/mol. The highest BCUT2D eigenvalue weighted by Crippen LogP contribution is 2.27. The maximum atomic E-state index is 14.0. The number of nitrogens with one attached hydrogen (secondary N) is 1. The lowest BCUT2D eigenvalue weighted by Crippen LogP contribution is -2.20. The second kappa shape index (κ2) is 7.56. The molecule has 0 amide bonds. The molecule has 0 aliphatic rings. The highest BCUT2D eigenvalue weighted by atomic mass is 32.2. The summed E-state index contributed by atoms with van der Waals surface area (Å²) in [5.74, 6) is 2.02. The molecule has 1 N–H and O–H groups in total. The van der Waals surface area contributed by atoms with Crippen molar-refractivity contribution in [2.75, 3.05) is 25.7 Å². The maximum Gasteiger partial charge on any atom is 0.169 e. The molecule has 0 aliphatic heterocycles. The molecule has 0 saturated heterocycles. The number of hydrogen-bond donors (Lipinski definition) is 1. The minimum absolute atomic E-state index is 0.0293. The Hall–Kier alpha value is -0.740. The van der Waals surface area contributed by atoms with Gasteiger partial charge in [0.05, 0.1) is 7.11 Å². The predicted octanol–water partition coefficient (Wildman–Crippen LogP) is 3.24. The van der Waals surface area contributed by atoms with E-state index in [1.165, 1.54) is 7.11 Å². The summed E-state index contributed by atoms with van der Waals surface area (Å²) in [5.41, 5.74) is 0.676. The van der Waals surface area contributed by atoms with Crippen molar-refractivity contribution in [3.8, 4) is 5.75 Å². The van der Waals surface area contributed by atoms with Gasteiger partial charge in [0, 0.05) is 17.4 Å². The van der Waals surface area contributed by atoms with E-state index in [4.69, 9.17) is 4.74 Å². The summed E-state index contributed by atoms with van der Waals surface area (Å²) in [6.45, 7) is 2.15. The van der Waals surface area contributed by atoms with Gasteiger partial charge in [-0.15, -0.1) is 0 Å². The molecule has 0 fully saturated rings. The number of hydrogen-bond acceptors (Lipinski definition) is 3. The lowest BCUT2D eigenvalue weighted by molar-refractivity contribution is 0.381. The predicted molar refractivity (Wildman–Crippen MR) is 72.4 cm³/mol. The first kappa shape index (κ1) is 14.3. The van der Waals surface area contributed by atoms with Crippen molar-refractivity contribution in [3.05, 3.63) is 29.6 Å². The summed E-state index contributed by atoms with van der Waals surface area (Å²) in [7, 11) is 3.35. The van der Waals surface area contributed by atoms with Gasteiger partial charge in [-0.1, -0.05) is 19.1 Å². The summed E-state index contributed by atoms with van der Waals surface area (Å²) in [6, 6.07) is 5.31. The summed E-state index contributed by atoms with van der Waals surface area (Å²) in [4.78, 5) is 0. The molecule has 17 heavy (non-hydrogen) atoms. The molecule has 1 aromatic carbocycles. The van der Waals surface area contributed by atoms with E-state index in [1.54, 1.807) is 6.07 Å². The fraction of sp³-hybridized carbons (Fsp3) is 0.538. The molecule has 1 atom stereocenters. The van der Waals surface area contributed by atoms with Crippen LogP contribution in [0.5, 0.6) is 5.75 Å². The van der Waals surface area contributed by atoms with Gasteiger partial charge in [-0.25, -0.2) is 4.39 Å². The molecule has 96 valence electrons. The number of benzene rings is 1. The van der Waals surface area contributed by atoms with E-state index in [2.05, 4.69) is 12.2 Å². The van der Waals surface area contributed by atoms with E-state index in [1.807, 2.05) is 30.9 Å². The minimum Gasteiger partial charge on any atom is -0.494 e. The van der Waals surface area contributed by atoms with Gasteiger partial charge in [0.15, 0.2) is 11.6 Å². The summed E-state index contributed by atoms with van der Waals surface area (Å²) >= 11 is 1.83. The number of halogens is 1. The van der Waals surface area contributed by atoms with E-state index in [0.717, 1.165) is 17.9 Å². The third-order valence-electron chi connectivity index (χ3n) is 2.57. The van der Waals surface area contributed by atoms with Crippen LogP contribution in [0.15, 0.2) is 18.2 Å². The second-order valence-electron chi connectivity index (χ2n) is 3.78. The van der Waals surface area contributed by atoms with Crippen LogP contribution in [-0.4, -0.2) is 25.7 Å². The molecule has 0 bridgehead atoms. The van der Waals surface area contributed by atoms with E-state index in [9.17, 15) is 4.39 Å². The van der Waals surface area contributed by atoms with Crippen molar-refractivity contribution in [2.24, 2.45) is 0 Å². The van der Waals surface area contributed by atoms with Gasteiger partial charge >= 0.3 is 0 Å². The smallest absolute Gasteiger partial charge is 0.169 e. The Morgan fingerprint density at radius 1 is 1.47 bits per heavy atom. The summed E-state index contributed by atoms with van der Waals surface area (Å²) in [5, 5.41) is 3.15. The molecule has 2 nitrogen and oxygen atoms in total. The van der Waals surface area contributed by atoms with Crippen LogP contribution < -0.4 is 10.1 Å². The van der Waals surface area contributed by atoms with Crippen molar-refractivity contribution < 1.29 is 9.13 Å². The van der Waals surface area contributed by atoms with Crippen LogP contribution in [0.2, 0.25) is 0 Å². The van der Waals surface area contributed by atoms with Crippen molar-refractivity contribution in [2.45, 2.75) is 19.4 Å². The Morgan fingerprint density at radius 3 is 2.82 bits per heavy atom. The zero-order valence-corrected chi connectivity index (χ0v) is 11.4. The molecule has 0 saturated carbocycles. The van der Waals surface area contributed by atoms with Crippen LogP contribution in [0.4, 0.5) is 4.39 Å². The van der Waals surface area contributed by atoms with E-state index in [-0.39, 0.29) is 11.9 Å². The van der Waals surface area contributed by atoms with Crippen molar-refractivity contribution in [1.29, 1.82) is 0 Å². The maximum absolute atomic E-state index is 14.0. The average Bonchev–Trinajstić information content (AvgIpc) is 2.36. The summed E-state index contributed by atoms with van der Waals surface area (Å²) in [6.07, 6.45) is 1.14. The minimum atomic E-state index is -0.258. The standard InChI is InChI=1S/C13H20FNOS/c1-4-8-17-9-11(15-2)10-6-5-7-12(16-3)13(10)14/h5-7,11,15H,4,8-9H2,1-3H3. The van der Waals surface area contributed by atoms with Crippen molar-refractivity contribution in [3.63, 3.8) is 0 Å². The summed E-state index contributed by atoms with van der Waals surface area (Å²) < 4.78 is 19.0. The lowest BCUT2D eigenvalue weighted by Gasteiger charge is -2.18. The Balaban J connectivity index is 2.80. The number of thioether (sulfide) groups is 1. The first-order valence-corrected chi connectivity index (χ1v) is 6.97. The zero-order valence-electron chi connectivity index (χ0n) is 10.6. The Bertz CT molecular complexity index is 346. The monoisotopic (exact) mass is 257 g/mol. The molecule has 0 radical (unpaired) electrons. The Kier molecular flexibility index (Phi) is 6.37. The molecular formula is C13H20FNOS. The van der Waals surface area contributed by atoms with Crippen LogP contribution in [0, 0.1) is 5.82 Å². The third kappa shape index (κ3) is 3.89. The highest BCUT2D eigenvalue weighted by Gasteiger charge is 2.16. The molecule has 1 unspecified atom stereocenters. The topological polar surface area (TPSA) is 21.3 Å². The van der Waals surface area contributed by atoms with Gasteiger partial charge in [-0.2, -0.15) is 11.8 Å². The largest absolute Gasteiger partial charge is 0.494 e. The van der Waals surface area contributed by atoms with Gasteiger partial charge in [0.1, 0.15) is 0 Å². The van der Waals surface area contributed by atoms with E-state index < -0.39 is 0 Å². The lowest BCUT2D eigenvalue weighted by atomic mass is 10.1. The van der Waals surface area contributed by atoms with Crippen LogP contribution in [-0.2, 0) is 0 Å². The fourth-order valence-corrected chi connectivity index (χ4v) is 2.67. The molecule has 0 aromatic heterocycles. The number of ether oxygens (including phenoxy) is 1. The Morgan fingerprint density at radius 2 is 2.24 bits per heavy atom. The van der Waals surface area contributed by atoms with Crippen LogP contribution >= 0.6 is 11.8 Å². The molecule has 1 aromatic rings. The van der Waals surface area contributed by atoms with Crippen molar-refractivity contribution >= 4 is 11.8 Å². The third-order valence-corrected chi connectivity index (χ3v) is 3.84. The molecule has 0 aliphatic carbocycles. The van der Waals surface area contributed by atoms with Gasteiger partial charge in [0.25, 0.3) is 0 Å². The SMILES string of the molecule is CCCSCC(NC)c1cccc(OC)c1F. The molecule has 1 rings (SSSR count). The molecule has 4 heteroatoms. The Labute approximate surface area is 107 Å². The highest BCUT2D eigenvalue weighted by molar-refractivity contribution is 7.99. The number of methoxy groups -OCH3 is 1. The van der Waals surface area contributed by atoms with Gasteiger partial charge < -0.3 is 10.1 Å². The molecule has 0 heterocycles. The average molecular weight is 257 g/mol. The van der Waals surface area contributed by atoms with Gasteiger partial charge in [-0.05, 0) is 25.3 Å². The van der Waals surface area contributed by atoms with Gasteiger partial charge in [0.2, 0.25) is 0 Å². The normalized spacial score (nSPS) is 12.5. The van der Waals surface area contributed by atoms with E-state index >= 15 is 0 Å². The van der Waals surface area contributed by atoms with Crippen LogP contribution in [0.25, 0.3) is 0 Å². The van der Waals surface area contributed by atoms with Crippen LogP contribution in [0.1, 0.15) is 24.9 Å². The van der Waals surface area contributed by atoms with Gasteiger partial charge in [-0.3, -0.25) is 0 Å².